The molecular weight excluding hydrogens is 420 g/mol. The Morgan fingerprint density at radius 1 is 1.09 bits per heavy atom. The number of carboxylic acids is 1. The van der Waals surface area contributed by atoms with Crippen molar-refractivity contribution in [2.45, 2.75) is 58.3 Å². The van der Waals surface area contributed by atoms with Crippen molar-refractivity contribution < 1.29 is 19.4 Å². The summed E-state index contributed by atoms with van der Waals surface area (Å²) in [7, 11) is 3.24. The summed E-state index contributed by atoms with van der Waals surface area (Å²) in [6.45, 7) is 4.99. The molecule has 3 rings (SSSR count). The van der Waals surface area contributed by atoms with Crippen LogP contribution in [0.25, 0.3) is 11.1 Å². The SMILES string of the molecule is CCCCn1nc(C(CCC)(OC)OC)nc1Cc1ccc(-c2ccncc2C(=O)O)cc1. The summed E-state index contributed by atoms with van der Waals surface area (Å²) in [5.41, 5.74) is 2.70. The standard InChI is InChI=1S/C25H32N4O4/c1-5-7-15-29-22(27-24(28-29)25(32-3,33-4)13-6-2)16-18-8-10-19(11-9-18)20-12-14-26-17-21(20)23(30)31/h8-12,14,17H,5-7,13,15-16H2,1-4H3,(H,30,31). The minimum atomic E-state index is -0.995. The molecule has 1 aromatic carbocycles. The highest BCUT2D eigenvalue weighted by molar-refractivity contribution is 5.95. The first-order chi connectivity index (χ1) is 16.0. The average Bonchev–Trinajstić information content (AvgIpc) is 3.24. The number of unbranched alkanes of at least 4 members (excludes halogenated alkanes) is 1. The zero-order chi connectivity index (χ0) is 23.8. The quantitative estimate of drug-likeness (QED) is 0.399. The summed E-state index contributed by atoms with van der Waals surface area (Å²) in [4.78, 5) is 20.3. The van der Waals surface area contributed by atoms with Gasteiger partial charge in [-0.1, -0.05) is 51.0 Å². The topological polar surface area (TPSA) is 99.4 Å². The zero-order valence-electron chi connectivity index (χ0n) is 19.7. The van der Waals surface area contributed by atoms with Crippen molar-refractivity contribution in [2.24, 2.45) is 0 Å². The molecule has 2 aromatic heterocycles. The fourth-order valence-corrected chi connectivity index (χ4v) is 3.87. The van der Waals surface area contributed by atoms with Gasteiger partial charge >= 0.3 is 5.97 Å². The number of carboxylic acid groups (broad SMARTS) is 1. The molecule has 0 saturated carbocycles. The number of rotatable bonds is 12. The summed E-state index contributed by atoms with van der Waals surface area (Å²) >= 11 is 0. The summed E-state index contributed by atoms with van der Waals surface area (Å²) in [5.74, 6) is -0.569. The predicted molar refractivity (Wildman–Crippen MR) is 125 cm³/mol. The molecule has 0 radical (unpaired) electrons. The minimum Gasteiger partial charge on any atom is -0.478 e. The van der Waals surface area contributed by atoms with Gasteiger partial charge in [-0.05, 0) is 29.2 Å². The van der Waals surface area contributed by atoms with E-state index < -0.39 is 11.8 Å². The Balaban J connectivity index is 1.91. The van der Waals surface area contributed by atoms with E-state index in [2.05, 4.69) is 18.8 Å². The molecule has 3 aromatic rings. The van der Waals surface area contributed by atoms with E-state index >= 15 is 0 Å². The Hall–Kier alpha value is -3.10. The van der Waals surface area contributed by atoms with E-state index in [9.17, 15) is 9.90 Å². The number of aryl methyl sites for hydroxylation is 1. The number of methoxy groups -OCH3 is 2. The molecule has 8 heteroatoms. The Morgan fingerprint density at radius 2 is 1.82 bits per heavy atom. The third-order valence-corrected chi connectivity index (χ3v) is 5.73. The van der Waals surface area contributed by atoms with Gasteiger partial charge in [0.25, 0.3) is 0 Å². The van der Waals surface area contributed by atoms with Gasteiger partial charge in [0, 0.05) is 46.0 Å². The largest absolute Gasteiger partial charge is 0.478 e. The Morgan fingerprint density at radius 3 is 2.42 bits per heavy atom. The zero-order valence-corrected chi connectivity index (χ0v) is 19.7. The van der Waals surface area contributed by atoms with Crippen molar-refractivity contribution in [1.82, 2.24) is 19.7 Å². The number of carbonyl (C=O) groups is 1. The Kier molecular flexibility index (Phi) is 8.30. The molecule has 1 N–H and O–H groups in total. The van der Waals surface area contributed by atoms with Crippen LogP contribution >= 0.6 is 0 Å². The number of hydrogen-bond donors (Lipinski definition) is 1. The third-order valence-electron chi connectivity index (χ3n) is 5.73. The van der Waals surface area contributed by atoms with Crippen molar-refractivity contribution in [2.75, 3.05) is 14.2 Å². The van der Waals surface area contributed by atoms with E-state index in [1.165, 1.54) is 6.20 Å². The molecule has 0 saturated heterocycles. The third kappa shape index (κ3) is 5.46. The molecule has 0 unspecified atom stereocenters. The number of nitrogens with zero attached hydrogens (tertiary/aromatic N) is 4. The van der Waals surface area contributed by atoms with Crippen LogP contribution in [0, 0.1) is 0 Å². The molecular formula is C25H32N4O4. The van der Waals surface area contributed by atoms with Gasteiger partial charge in [-0.2, -0.15) is 5.10 Å². The normalized spacial score (nSPS) is 11.6. The van der Waals surface area contributed by atoms with Crippen molar-refractivity contribution in [3.8, 4) is 11.1 Å². The molecule has 0 aliphatic carbocycles. The number of pyridine rings is 1. The summed E-state index contributed by atoms with van der Waals surface area (Å²) < 4.78 is 13.4. The van der Waals surface area contributed by atoms with E-state index in [0.29, 0.717) is 24.2 Å². The summed E-state index contributed by atoms with van der Waals surface area (Å²) in [6, 6.07) is 9.56. The van der Waals surface area contributed by atoms with Gasteiger partial charge in [0.05, 0.1) is 5.56 Å². The fraction of sp³-hybridized carbons (Fsp3) is 0.440. The van der Waals surface area contributed by atoms with Crippen molar-refractivity contribution >= 4 is 5.97 Å². The van der Waals surface area contributed by atoms with Gasteiger partial charge in [-0.3, -0.25) is 4.98 Å². The van der Waals surface area contributed by atoms with E-state index in [-0.39, 0.29) is 5.56 Å². The highest BCUT2D eigenvalue weighted by Gasteiger charge is 2.36. The van der Waals surface area contributed by atoms with Gasteiger partial charge < -0.3 is 14.6 Å². The number of aromatic carboxylic acids is 1. The maximum absolute atomic E-state index is 11.5. The maximum Gasteiger partial charge on any atom is 0.337 e. The first kappa shape index (κ1) is 24.5. The first-order valence-corrected chi connectivity index (χ1v) is 11.3. The van der Waals surface area contributed by atoms with E-state index in [0.717, 1.165) is 42.8 Å². The number of ether oxygens (including phenoxy) is 2. The molecule has 0 spiro atoms. The molecule has 0 bridgehead atoms. The van der Waals surface area contributed by atoms with Gasteiger partial charge in [-0.25, -0.2) is 14.5 Å². The lowest BCUT2D eigenvalue weighted by atomic mass is 10.00. The van der Waals surface area contributed by atoms with Gasteiger partial charge in [0.2, 0.25) is 11.6 Å². The van der Waals surface area contributed by atoms with E-state index in [1.807, 2.05) is 28.9 Å². The molecule has 0 fully saturated rings. The van der Waals surface area contributed by atoms with Crippen LogP contribution in [0.2, 0.25) is 0 Å². The van der Waals surface area contributed by atoms with Crippen LogP contribution in [0.4, 0.5) is 0 Å². The van der Waals surface area contributed by atoms with E-state index in [4.69, 9.17) is 19.6 Å². The van der Waals surface area contributed by atoms with Gasteiger partial charge in [0.15, 0.2) is 0 Å². The lowest BCUT2D eigenvalue weighted by Crippen LogP contribution is -2.32. The van der Waals surface area contributed by atoms with Crippen LogP contribution in [-0.4, -0.2) is 45.0 Å². The van der Waals surface area contributed by atoms with Crippen LogP contribution < -0.4 is 0 Å². The van der Waals surface area contributed by atoms with Gasteiger partial charge in [-0.15, -0.1) is 0 Å². The monoisotopic (exact) mass is 452 g/mol. The van der Waals surface area contributed by atoms with Crippen molar-refractivity contribution in [1.29, 1.82) is 0 Å². The maximum atomic E-state index is 11.5. The fourth-order valence-electron chi connectivity index (χ4n) is 3.87. The highest BCUT2D eigenvalue weighted by atomic mass is 16.7. The van der Waals surface area contributed by atoms with Crippen LogP contribution in [0.5, 0.6) is 0 Å². The second-order valence-corrected chi connectivity index (χ2v) is 7.94. The molecule has 0 atom stereocenters. The minimum absolute atomic E-state index is 0.181. The predicted octanol–water partition coefficient (Wildman–Crippen LogP) is 4.67. The molecule has 8 nitrogen and oxygen atoms in total. The molecule has 33 heavy (non-hydrogen) atoms. The second-order valence-electron chi connectivity index (χ2n) is 7.94. The highest BCUT2D eigenvalue weighted by Crippen LogP contribution is 2.30. The van der Waals surface area contributed by atoms with Crippen molar-refractivity contribution in [3.05, 3.63) is 65.5 Å². The summed E-state index contributed by atoms with van der Waals surface area (Å²) in [6.07, 6.45) is 7.14. The Labute approximate surface area is 194 Å². The second kappa shape index (κ2) is 11.2. The van der Waals surface area contributed by atoms with Crippen LogP contribution in [0.3, 0.4) is 0 Å². The lowest BCUT2D eigenvalue weighted by Gasteiger charge is -2.27. The summed E-state index contributed by atoms with van der Waals surface area (Å²) in [5, 5.41) is 14.2. The van der Waals surface area contributed by atoms with Crippen LogP contribution in [0.1, 0.15) is 67.1 Å². The van der Waals surface area contributed by atoms with Crippen LogP contribution in [-0.2, 0) is 28.2 Å². The molecule has 0 aliphatic heterocycles. The molecule has 2 heterocycles. The lowest BCUT2D eigenvalue weighted by molar-refractivity contribution is -0.225. The average molecular weight is 453 g/mol. The smallest absolute Gasteiger partial charge is 0.337 e. The van der Waals surface area contributed by atoms with Crippen LogP contribution in [0.15, 0.2) is 42.7 Å². The molecule has 176 valence electrons. The van der Waals surface area contributed by atoms with E-state index in [1.54, 1.807) is 26.5 Å². The number of aromatic nitrogens is 4. The molecule has 0 amide bonds. The number of hydrogen-bond acceptors (Lipinski definition) is 6. The van der Waals surface area contributed by atoms with Crippen molar-refractivity contribution in [3.63, 3.8) is 0 Å². The number of benzene rings is 1. The Bertz CT molecular complexity index is 1060. The van der Waals surface area contributed by atoms with Gasteiger partial charge in [0.1, 0.15) is 5.82 Å². The molecule has 0 aliphatic rings. The first-order valence-electron chi connectivity index (χ1n) is 11.3.